The van der Waals surface area contributed by atoms with E-state index in [0.29, 0.717) is 6.54 Å². The fourth-order valence-electron chi connectivity index (χ4n) is 1.16. The van der Waals surface area contributed by atoms with Crippen molar-refractivity contribution in [3.8, 4) is 0 Å². The number of nitrogens with two attached hydrogens (primary N) is 1. The molecule has 0 saturated heterocycles. The third kappa shape index (κ3) is 4.96. The van der Waals surface area contributed by atoms with E-state index < -0.39 is 0 Å². The molecule has 12 heavy (non-hydrogen) atoms. The van der Waals surface area contributed by atoms with Crippen molar-refractivity contribution in [2.45, 2.75) is 26.7 Å². The van der Waals surface area contributed by atoms with Crippen molar-refractivity contribution in [2.75, 3.05) is 19.6 Å². The summed E-state index contributed by atoms with van der Waals surface area (Å²) in [6.45, 7) is 6.82. The molecule has 0 aliphatic rings. The summed E-state index contributed by atoms with van der Waals surface area (Å²) in [6.07, 6.45) is 2.19. The van der Waals surface area contributed by atoms with Gasteiger partial charge in [0.25, 0.3) is 0 Å². The average molecular weight is 173 g/mol. The van der Waals surface area contributed by atoms with Gasteiger partial charge in [-0.15, -0.1) is 0 Å². The highest BCUT2D eigenvalue weighted by Gasteiger charge is 2.03. The number of oxime groups is 1. The van der Waals surface area contributed by atoms with Gasteiger partial charge in [-0.1, -0.05) is 19.0 Å². The fourth-order valence-corrected chi connectivity index (χ4v) is 1.16. The smallest absolute Gasteiger partial charge is 0.153 e. The molecule has 0 aromatic heterocycles. The lowest BCUT2D eigenvalue weighted by molar-refractivity contribution is 0.291. The second-order valence-electron chi connectivity index (χ2n) is 2.87. The zero-order valence-corrected chi connectivity index (χ0v) is 7.95. The first-order valence-electron chi connectivity index (χ1n) is 4.43. The molecule has 0 heterocycles. The van der Waals surface area contributed by atoms with E-state index >= 15 is 0 Å². The van der Waals surface area contributed by atoms with Crippen LogP contribution in [0.2, 0.25) is 0 Å². The number of hydrogen-bond acceptors (Lipinski definition) is 3. The predicted octanol–water partition coefficient (Wildman–Crippen LogP) is 0.855. The topological polar surface area (TPSA) is 61.8 Å². The first kappa shape index (κ1) is 11.2. The standard InChI is InChI=1S/C8H19N3O/c1-3-5-11(6-4-2)7-8(9)10-12/h12H,3-7H2,1-2H3,(H2,9,10). The summed E-state index contributed by atoms with van der Waals surface area (Å²) < 4.78 is 0. The number of nitrogens with zero attached hydrogens (tertiary/aromatic N) is 2. The minimum absolute atomic E-state index is 0.289. The van der Waals surface area contributed by atoms with Gasteiger partial charge < -0.3 is 10.9 Å². The van der Waals surface area contributed by atoms with Crippen molar-refractivity contribution < 1.29 is 5.21 Å². The van der Waals surface area contributed by atoms with E-state index in [0.717, 1.165) is 25.9 Å². The van der Waals surface area contributed by atoms with Crippen LogP contribution in [-0.2, 0) is 0 Å². The van der Waals surface area contributed by atoms with Crippen molar-refractivity contribution in [3.05, 3.63) is 0 Å². The number of rotatable bonds is 6. The van der Waals surface area contributed by atoms with Gasteiger partial charge in [-0.2, -0.15) is 0 Å². The summed E-state index contributed by atoms with van der Waals surface area (Å²) in [7, 11) is 0. The number of hydrogen-bond donors (Lipinski definition) is 2. The van der Waals surface area contributed by atoms with Crippen molar-refractivity contribution in [2.24, 2.45) is 10.9 Å². The highest BCUT2D eigenvalue weighted by molar-refractivity contribution is 5.81. The predicted molar refractivity (Wildman–Crippen MR) is 50.4 cm³/mol. The van der Waals surface area contributed by atoms with Gasteiger partial charge in [-0.05, 0) is 25.9 Å². The molecule has 0 unspecified atom stereocenters. The van der Waals surface area contributed by atoms with Crippen LogP contribution in [0, 0.1) is 0 Å². The molecule has 0 bridgehead atoms. The molecule has 0 amide bonds. The third-order valence-corrected chi connectivity index (χ3v) is 1.59. The Kier molecular flexibility index (Phi) is 6.47. The van der Waals surface area contributed by atoms with Crippen LogP contribution in [0.1, 0.15) is 26.7 Å². The van der Waals surface area contributed by atoms with Crippen LogP contribution in [0.15, 0.2) is 5.16 Å². The highest BCUT2D eigenvalue weighted by atomic mass is 16.4. The molecule has 0 radical (unpaired) electrons. The maximum absolute atomic E-state index is 8.36. The Balaban J connectivity index is 3.77. The minimum Gasteiger partial charge on any atom is -0.409 e. The van der Waals surface area contributed by atoms with Crippen LogP contribution in [0.25, 0.3) is 0 Å². The van der Waals surface area contributed by atoms with Crippen LogP contribution >= 0.6 is 0 Å². The monoisotopic (exact) mass is 173 g/mol. The average Bonchev–Trinajstić information content (AvgIpc) is 2.05. The fraction of sp³-hybridized carbons (Fsp3) is 0.875. The quantitative estimate of drug-likeness (QED) is 0.271. The molecule has 0 aromatic carbocycles. The lowest BCUT2D eigenvalue weighted by Crippen LogP contribution is -2.35. The molecule has 3 N–H and O–H groups in total. The second-order valence-corrected chi connectivity index (χ2v) is 2.87. The maximum Gasteiger partial charge on any atom is 0.153 e. The normalized spacial score (nSPS) is 12.4. The van der Waals surface area contributed by atoms with Gasteiger partial charge in [-0.25, -0.2) is 0 Å². The summed E-state index contributed by atoms with van der Waals surface area (Å²) >= 11 is 0. The molecule has 0 aliphatic heterocycles. The third-order valence-electron chi connectivity index (χ3n) is 1.59. The molecule has 4 heteroatoms. The van der Waals surface area contributed by atoms with E-state index in [4.69, 9.17) is 10.9 Å². The SMILES string of the molecule is CCCN(CCC)C/C(N)=N/O. The first-order valence-corrected chi connectivity index (χ1v) is 4.43. The molecule has 0 aromatic rings. The van der Waals surface area contributed by atoms with Gasteiger partial charge in [0.15, 0.2) is 5.84 Å². The summed E-state index contributed by atoms with van der Waals surface area (Å²) in [6, 6.07) is 0. The highest BCUT2D eigenvalue weighted by Crippen LogP contribution is 1.93. The largest absolute Gasteiger partial charge is 0.409 e. The van der Waals surface area contributed by atoms with E-state index in [1.54, 1.807) is 0 Å². The molecule has 4 nitrogen and oxygen atoms in total. The lowest BCUT2D eigenvalue weighted by Gasteiger charge is -2.19. The van der Waals surface area contributed by atoms with Gasteiger partial charge in [0.05, 0.1) is 6.54 Å². The zero-order valence-electron chi connectivity index (χ0n) is 7.95. The summed E-state index contributed by atoms with van der Waals surface area (Å²) in [5.41, 5.74) is 5.39. The molecular formula is C8H19N3O. The Bertz CT molecular complexity index is 130. The zero-order chi connectivity index (χ0) is 9.40. The van der Waals surface area contributed by atoms with Crippen LogP contribution in [0.3, 0.4) is 0 Å². The molecular weight excluding hydrogens is 154 g/mol. The molecule has 72 valence electrons. The van der Waals surface area contributed by atoms with Gasteiger partial charge in [-0.3, -0.25) is 4.90 Å². The summed E-state index contributed by atoms with van der Waals surface area (Å²) in [5.74, 6) is 0.289. The van der Waals surface area contributed by atoms with Crippen molar-refractivity contribution in [1.29, 1.82) is 0 Å². The molecule has 0 fully saturated rings. The van der Waals surface area contributed by atoms with Crippen LogP contribution in [-0.4, -0.2) is 35.6 Å². The van der Waals surface area contributed by atoms with Crippen LogP contribution < -0.4 is 5.73 Å². The van der Waals surface area contributed by atoms with Gasteiger partial charge >= 0.3 is 0 Å². The number of amidine groups is 1. The Morgan fingerprint density at radius 2 is 1.83 bits per heavy atom. The first-order chi connectivity index (χ1) is 5.74. The van der Waals surface area contributed by atoms with Crippen LogP contribution in [0.5, 0.6) is 0 Å². The van der Waals surface area contributed by atoms with Crippen LogP contribution in [0.4, 0.5) is 0 Å². The molecule has 0 spiro atoms. The Hall–Kier alpha value is -0.770. The Morgan fingerprint density at radius 3 is 2.17 bits per heavy atom. The van der Waals surface area contributed by atoms with E-state index in [9.17, 15) is 0 Å². The van der Waals surface area contributed by atoms with Gasteiger partial charge in [0.1, 0.15) is 0 Å². The second kappa shape index (κ2) is 6.91. The summed E-state index contributed by atoms with van der Waals surface area (Å²) in [4.78, 5) is 2.18. The molecule has 0 rings (SSSR count). The van der Waals surface area contributed by atoms with Crippen molar-refractivity contribution in [1.82, 2.24) is 4.90 Å². The minimum atomic E-state index is 0.289. The molecule has 0 atom stereocenters. The van der Waals surface area contributed by atoms with E-state index in [1.165, 1.54) is 0 Å². The van der Waals surface area contributed by atoms with E-state index in [1.807, 2.05) is 0 Å². The van der Waals surface area contributed by atoms with Gasteiger partial charge in [0, 0.05) is 0 Å². The Labute approximate surface area is 74.0 Å². The maximum atomic E-state index is 8.36. The Morgan fingerprint density at radius 1 is 1.33 bits per heavy atom. The van der Waals surface area contributed by atoms with Crippen molar-refractivity contribution in [3.63, 3.8) is 0 Å². The lowest BCUT2D eigenvalue weighted by atomic mass is 10.3. The van der Waals surface area contributed by atoms with Gasteiger partial charge in [0.2, 0.25) is 0 Å². The molecule has 0 saturated carbocycles. The van der Waals surface area contributed by atoms with E-state index in [2.05, 4.69) is 23.9 Å². The molecule has 0 aliphatic carbocycles. The summed E-state index contributed by atoms with van der Waals surface area (Å²) in [5, 5.41) is 11.3. The van der Waals surface area contributed by atoms with E-state index in [-0.39, 0.29) is 5.84 Å². The van der Waals surface area contributed by atoms with Crippen molar-refractivity contribution >= 4 is 5.84 Å².